The molecule has 1 aliphatic heterocycles. The molecule has 1 saturated carbocycles. The molecule has 0 aromatic heterocycles. The first-order chi connectivity index (χ1) is 11.1. The number of aliphatic hydroxyl groups excluding tert-OH is 1. The van der Waals surface area contributed by atoms with Gasteiger partial charge >= 0.3 is 6.09 Å². The highest BCUT2D eigenvalue weighted by atomic mass is 16.6. The molecular weight excluding hydrogens is 290 g/mol. The molecule has 1 aromatic rings. The van der Waals surface area contributed by atoms with Gasteiger partial charge in [-0.3, -0.25) is 0 Å². The van der Waals surface area contributed by atoms with Gasteiger partial charge in [0.2, 0.25) is 0 Å². The smallest absolute Gasteiger partial charge is 0.410 e. The average molecular weight is 317 g/mol. The molecule has 1 N–H and O–H groups in total. The molecule has 2 aliphatic rings. The largest absolute Gasteiger partial charge is 0.445 e. The molecule has 0 radical (unpaired) electrons. The third-order valence-electron chi connectivity index (χ3n) is 5.36. The summed E-state index contributed by atoms with van der Waals surface area (Å²) in [6.45, 7) is 3.30. The number of carbonyl (C=O) groups is 1. The Morgan fingerprint density at radius 2 is 2.04 bits per heavy atom. The van der Waals surface area contributed by atoms with Crippen molar-refractivity contribution in [1.29, 1.82) is 0 Å². The van der Waals surface area contributed by atoms with Crippen LogP contribution < -0.4 is 0 Å². The Balaban J connectivity index is 1.60. The Kier molecular flexibility index (Phi) is 5.21. The van der Waals surface area contributed by atoms with Crippen molar-refractivity contribution in [1.82, 2.24) is 4.90 Å². The molecule has 4 nitrogen and oxygen atoms in total. The Labute approximate surface area is 138 Å². The summed E-state index contributed by atoms with van der Waals surface area (Å²) in [5.41, 5.74) is 1.00. The van der Waals surface area contributed by atoms with E-state index in [0.717, 1.165) is 44.2 Å². The fourth-order valence-corrected chi connectivity index (χ4v) is 4.09. The van der Waals surface area contributed by atoms with Crippen molar-refractivity contribution in [3.8, 4) is 0 Å². The van der Waals surface area contributed by atoms with Gasteiger partial charge in [0.25, 0.3) is 0 Å². The van der Waals surface area contributed by atoms with E-state index in [9.17, 15) is 9.90 Å². The van der Waals surface area contributed by atoms with Crippen molar-refractivity contribution in [2.75, 3.05) is 6.54 Å². The second-order valence-electron chi connectivity index (χ2n) is 7.09. The SMILES string of the molecule is CC1CCC(O)C(C2CCCN2C(=O)OCc2ccccc2)C1. The zero-order valence-electron chi connectivity index (χ0n) is 13.9. The summed E-state index contributed by atoms with van der Waals surface area (Å²) in [6, 6.07) is 9.90. The highest BCUT2D eigenvalue weighted by molar-refractivity contribution is 5.68. The van der Waals surface area contributed by atoms with Crippen LogP contribution >= 0.6 is 0 Å². The number of rotatable bonds is 3. The summed E-state index contributed by atoms with van der Waals surface area (Å²) in [4.78, 5) is 14.3. The molecule has 4 heteroatoms. The third kappa shape index (κ3) is 3.86. The van der Waals surface area contributed by atoms with Crippen molar-refractivity contribution >= 4 is 6.09 Å². The van der Waals surface area contributed by atoms with Gasteiger partial charge in [0.05, 0.1) is 6.10 Å². The van der Waals surface area contributed by atoms with Crippen molar-refractivity contribution in [2.45, 2.75) is 57.8 Å². The van der Waals surface area contributed by atoms with Gasteiger partial charge in [0.1, 0.15) is 6.61 Å². The number of benzene rings is 1. The molecule has 0 bridgehead atoms. The summed E-state index contributed by atoms with van der Waals surface area (Å²) in [6.07, 6.45) is 4.42. The van der Waals surface area contributed by atoms with E-state index in [1.54, 1.807) is 0 Å². The molecule has 126 valence electrons. The number of hydrogen-bond donors (Lipinski definition) is 1. The maximum absolute atomic E-state index is 12.5. The van der Waals surface area contributed by atoms with Crippen molar-refractivity contribution in [3.05, 3.63) is 35.9 Å². The van der Waals surface area contributed by atoms with Gasteiger partial charge in [0, 0.05) is 18.5 Å². The van der Waals surface area contributed by atoms with Crippen LogP contribution in [0.3, 0.4) is 0 Å². The minimum atomic E-state index is -0.279. The van der Waals surface area contributed by atoms with Gasteiger partial charge < -0.3 is 14.7 Å². The predicted molar refractivity (Wildman–Crippen MR) is 88.9 cm³/mol. The molecule has 1 saturated heterocycles. The number of likely N-dealkylation sites (tertiary alicyclic amines) is 1. The Bertz CT molecular complexity index is 519. The van der Waals surface area contributed by atoms with Crippen LogP contribution in [0.15, 0.2) is 30.3 Å². The minimum absolute atomic E-state index is 0.135. The highest BCUT2D eigenvalue weighted by Gasteiger charge is 2.41. The fraction of sp³-hybridized carbons (Fsp3) is 0.632. The summed E-state index contributed by atoms with van der Waals surface area (Å²) in [5, 5.41) is 10.4. The van der Waals surface area contributed by atoms with Crippen LogP contribution in [0.25, 0.3) is 0 Å². The van der Waals surface area contributed by atoms with Crippen molar-refractivity contribution in [2.24, 2.45) is 11.8 Å². The lowest BCUT2D eigenvalue weighted by Gasteiger charge is -2.38. The van der Waals surface area contributed by atoms with Gasteiger partial charge in [0.15, 0.2) is 0 Å². The number of hydrogen-bond acceptors (Lipinski definition) is 3. The second kappa shape index (κ2) is 7.35. The lowest BCUT2D eigenvalue weighted by atomic mass is 9.76. The Hall–Kier alpha value is -1.55. The third-order valence-corrected chi connectivity index (χ3v) is 5.36. The Morgan fingerprint density at radius 1 is 1.26 bits per heavy atom. The van der Waals surface area contributed by atoms with E-state index in [4.69, 9.17) is 4.74 Å². The molecule has 2 fully saturated rings. The average Bonchev–Trinajstić information content (AvgIpc) is 3.05. The van der Waals surface area contributed by atoms with Gasteiger partial charge in [-0.05, 0) is 43.6 Å². The van der Waals surface area contributed by atoms with E-state index >= 15 is 0 Å². The van der Waals surface area contributed by atoms with Crippen molar-refractivity contribution in [3.63, 3.8) is 0 Å². The first-order valence-electron chi connectivity index (χ1n) is 8.80. The van der Waals surface area contributed by atoms with Gasteiger partial charge in [-0.2, -0.15) is 0 Å². The van der Waals surface area contributed by atoms with E-state index in [1.807, 2.05) is 35.2 Å². The Morgan fingerprint density at radius 3 is 2.83 bits per heavy atom. The predicted octanol–water partition coefficient (Wildman–Crippen LogP) is 3.58. The molecule has 1 amide bonds. The molecule has 1 aromatic carbocycles. The van der Waals surface area contributed by atoms with E-state index < -0.39 is 0 Å². The summed E-state index contributed by atoms with van der Waals surface area (Å²) in [5.74, 6) is 0.830. The van der Waals surface area contributed by atoms with Crippen molar-refractivity contribution < 1.29 is 14.6 Å². The zero-order chi connectivity index (χ0) is 16.2. The fourth-order valence-electron chi connectivity index (χ4n) is 4.09. The number of nitrogens with zero attached hydrogens (tertiary/aromatic N) is 1. The summed E-state index contributed by atoms with van der Waals surface area (Å²) < 4.78 is 5.50. The van der Waals surface area contributed by atoms with Crippen LogP contribution in [-0.2, 0) is 11.3 Å². The van der Waals surface area contributed by atoms with E-state index in [-0.39, 0.29) is 24.2 Å². The van der Waals surface area contributed by atoms with Crippen LogP contribution in [0.2, 0.25) is 0 Å². The van der Waals surface area contributed by atoms with Crippen LogP contribution in [0.4, 0.5) is 4.79 Å². The van der Waals surface area contributed by atoms with E-state index in [2.05, 4.69) is 6.92 Å². The summed E-state index contributed by atoms with van der Waals surface area (Å²) >= 11 is 0. The molecule has 4 unspecified atom stereocenters. The molecule has 23 heavy (non-hydrogen) atoms. The molecule has 0 spiro atoms. The highest BCUT2D eigenvalue weighted by Crippen LogP contribution is 2.37. The lowest BCUT2D eigenvalue weighted by Crippen LogP contribution is -2.46. The molecular formula is C19H27NO3. The van der Waals surface area contributed by atoms with Crippen LogP contribution in [0.1, 0.15) is 44.6 Å². The molecule has 1 heterocycles. The first-order valence-corrected chi connectivity index (χ1v) is 8.80. The second-order valence-corrected chi connectivity index (χ2v) is 7.09. The van der Waals surface area contributed by atoms with Gasteiger partial charge in [-0.15, -0.1) is 0 Å². The van der Waals surface area contributed by atoms with Crippen LogP contribution in [0.5, 0.6) is 0 Å². The van der Waals surface area contributed by atoms with E-state index in [0.29, 0.717) is 12.5 Å². The number of ether oxygens (including phenoxy) is 1. The number of carbonyl (C=O) groups excluding carboxylic acids is 1. The molecule has 3 rings (SSSR count). The zero-order valence-corrected chi connectivity index (χ0v) is 13.9. The monoisotopic (exact) mass is 317 g/mol. The number of amides is 1. The van der Waals surface area contributed by atoms with Gasteiger partial charge in [-0.1, -0.05) is 37.3 Å². The van der Waals surface area contributed by atoms with Crippen LogP contribution in [0, 0.1) is 11.8 Å². The first kappa shape index (κ1) is 16.3. The van der Waals surface area contributed by atoms with E-state index in [1.165, 1.54) is 0 Å². The van der Waals surface area contributed by atoms with Gasteiger partial charge in [-0.25, -0.2) is 4.79 Å². The quantitative estimate of drug-likeness (QED) is 0.927. The molecule has 1 aliphatic carbocycles. The minimum Gasteiger partial charge on any atom is -0.445 e. The van der Waals surface area contributed by atoms with Crippen LogP contribution in [-0.4, -0.2) is 34.8 Å². The normalized spacial score (nSPS) is 31.1. The standard InChI is InChI=1S/C19H27NO3/c1-14-9-10-18(21)16(12-14)17-8-5-11-20(17)19(22)23-13-15-6-3-2-4-7-15/h2-4,6-7,14,16-18,21H,5,8-13H2,1H3. The summed E-state index contributed by atoms with van der Waals surface area (Å²) in [7, 11) is 0. The molecule has 4 atom stereocenters. The maximum Gasteiger partial charge on any atom is 0.410 e. The lowest BCUT2D eigenvalue weighted by molar-refractivity contribution is 0.00451. The maximum atomic E-state index is 12.5. The topological polar surface area (TPSA) is 49.8 Å². The number of aliphatic hydroxyl groups is 1.